The van der Waals surface area contributed by atoms with E-state index in [-0.39, 0.29) is 31.2 Å². The predicted octanol–water partition coefficient (Wildman–Crippen LogP) is 3.59. The molecule has 6 nitrogen and oxygen atoms in total. The summed E-state index contributed by atoms with van der Waals surface area (Å²) in [7, 11) is 0. The van der Waals surface area contributed by atoms with E-state index in [1.165, 1.54) is 29.2 Å². The highest BCUT2D eigenvalue weighted by molar-refractivity contribution is 5.99. The Bertz CT molecular complexity index is 1190. The van der Waals surface area contributed by atoms with E-state index < -0.39 is 23.3 Å². The monoisotopic (exact) mass is 409 g/mol. The molecule has 30 heavy (non-hydrogen) atoms. The van der Waals surface area contributed by atoms with Gasteiger partial charge in [0.05, 0.1) is 11.6 Å². The number of nitrogens with zero attached hydrogens (tertiary/aromatic N) is 1. The van der Waals surface area contributed by atoms with Crippen LogP contribution in [0.4, 0.5) is 10.1 Å². The number of benzene rings is 2. The first-order chi connectivity index (χ1) is 14.5. The molecule has 154 valence electrons. The van der Waals surface area contributed by atoms with E-state index in [0.717, 1.165) is 12.0 Å². The van der Waals surface area contributed by atoms with Crippen LogP contribution >= 0.6 is 0 Å². The highest BCUT2D eigenvalue weighted by Crippen LogP contribution is 2.28. The van der Waals surface area contributed by atoms with Gasteiger partial charge in [-0.2, -0.15) is 0 Å². The Kier molecular flexibility index (Phi) is 5.35. The average molecular weight is 409 g/mol. The Morgan fingerprint density at radius 3 is 2.77 bits per heavy atom. The molecule has 0 saturated carbocycles. The van der Waals surface area contributed by atoms with Crippen LogP contribution in [-0.4, -0.2) is 18.4 Å². The summed E-state index contributed by atoms with van der Waals surface area (Å²) < 4.78 is 24.7. The first-order valence-corrected chi connectivity index (χ1v) is 9.73. The second kappa shape index (κ2) is 8.10. The highest BCUT2D eigenvalue weighted by Gasteiger charge is 2.37. The summed E-state index contributed by atoms with van der Waals surface area (Å²) in [6.45, 7) is 1.94. The normalized spacial score (nSPS) is 16.3. The summed E-state index contributed by atoms with van der Waals surface area (Å²) in [5, 5.41) is 0.690. The second-order valence-electron chi connectivity index (χ2n) is 7.24. The summed E-state index contributed by atoms with van der Waals surface area (Å²) in [5.41, 5.74) is 1.62. The lowest BCUT2D eigenvalue weighted by Gasteiger charge is -2.17. The highest BCUT2D eigenvalue weighted by atomic mass is 19.1. The zero-order valence-electron chi connectivity index (χ0n) is 16.4. The van der Waals surface area contributed by atoms with Gasteiger partial charge in [-0.3, -0.25) is 9.59 Å². The molecule has 1 amide bonds. The molecule has 3 aromatic rings. The van der Waals surface area contributed by atoms with Gasteiger partial charge in [-0.1, -0.05) is 31.2 Å². The van der Waals surface area contributed by atoms with Crippen LogP contribution in [0.3, 0.4) is 0 Å². The molecule has 2 heterocycles. The average Bonchev–Trinajstić information content (AvgIpc) is 3.13. The van der Waals surface area contributed by atoms with Crippen molar-refractivity contribution in [1.29, 1.82) is 0 Å². The number of fused-ring (bicyclic) bond motifs is 1. The molecule has 1 saturated heterocycles. The van der Waals surface area contributed by atoms with Crippen LogP contribution in [0.1, 0.15) is 24.5 Å². The van der Waals surface area contributed by atoms with E-state index in [1.807, 2.05) is 19.1 Å². The van der Waals surface area contributed by atoms with E-state index in [9.17, 15) is 18.8 Å². The third kappa shape index (κ3) is 3.83. The molecule has 2 aromatic carbocycles. The number of ether oxygens (including phenoxy) is 1. The first-order valence-electron chi connectivity index (χ1n) is 9.73. The van der Waals surface area contributed by atoms with E-state index in [4.69, 9.17) is 9.15 Å². The lowest BCUT2D eigenvalue weighted by Crippen LogP contribution is -2.27. The largest absolute Gasteiger partial charge is 0.461 e. The lowest BCUT2D eigenvalue weighted by atomic mass is 10.1. The van der Waals surface area contributed by atoms with Gasteiger partial charge < -0.3 is 14.1 Å². The summed E-state index contributed by atoms with van der Waals surface area (Å²) >= 11 is 0. The Morgan fingerprint density at radius 2 is 2.00 bits per heavy atom. The molecule has 1 aromatic heterocycles. The van der Waals surface area contributed by atoms with E-state index in [2.05, 4.69) is 0 Å². The van der Waals surface area contributed by atoms with Gasteiger partial charge in [0.1, 0.15) is 18.0 Å². The van der Waals surface area contributed by atoms with Crippen LogP contribution in [0.2, 0.25) is 0 Å². The van der Waals surface area contributed by atoms with Crippen molar-refractivity contribution in [3.63, 3.8) is 0 Å². The molecule has 7 heteroatoms. The number of carbonyl (C=O) groups excluding carboxylic acids is 2. The second-order valence-corrected chi connectivity index (χ2v) is 7.24. The zero-order chi connectivity index (χ0) is 21.3. The first kappa shape index (κ1) is 19.8. The smallest absolute Gasteiger partial charge is 0.336 e. The van der Waals surface area contributed by atoms with E-state index in [1.54, 1.807) is 12.1 Å². The molecule has 0 aliphatic carbocycles. The van der Waals surface area contributed by atoms with Gasteiger partial charge in [0.15, 0.2) is 0 Å². The molecule has 0 spiro atoms. The molecule has 1 atom stereocenters. The molecule has 1 aliphatic rings. The fourth-order valence-corrected chi connectivity index (χ4v) is 3.65. The number of hydrogen-bond acceptors (Lipinski definition) is 5. The SMILES string of the molecule is CCc1ccc2c(COC(=O)[C@@H]3CC(=O)N(c4ccccc4F)C3)cc(=O)oc2c1. The fraction of sp³-hybridized carbons (Fsp3) is 0.261. The number of esters is 1. The maximum absolute atomic E-state index is 14.0. The number of anilines is 1. The number of amides is 1. The summed E-state index contributed by atoms with van der Waals surface area (Å²) in [5.74, 6) is -2.11. The van der Waals surface area contributed by atoms with Gasteiger partial charge in [-0.15, -0.1) is 0 Å². The molecule has 1 aliphatic heterocycles. The van der Waals surface area contributed by atoms with Crippen LogP contribution in [0.25, 0.3) is 11.0 Å². The van der Waals surface area contributed by atoms with Crippen molar-refractivity contribution in [2.45, 2.75) is 26.4 Å². The maximum Gasteiger partial charge on any atom is 0.336 e. The maximum atomic E-state index is 14.0. The van der Waals surface area contributed by atoms with Crippen LogP contribution in [0.15, 0.2) is 57.7 Å². The third-order valence-electron chi connectivity index (χ3n) is 5.27. The minimum absolute atomic E-state index is 0.0509. The Morgan fingerprint density at radius 1 is 1.20 bits per heavy atom. The van der Waals surface area contributed by atoms with Crippen LogP contribution in [0, 0.1) is 11.7 Å². The topological polar surface area (TPSA) is 76.8 Å². The molecule has 0 N–H and O–H groups in total. The Hall–Kier alpha value is -3.48. The summed E-state index contributed by atoms with van der Waals surface area (Å²) in [6.07, 6.45) is 0.748. The fourth-order valence-electron chi connectivity index (χ4n) is 3.65. The number of halogens is 1. The third-order valence-corrected chi connectivity index (χ3v) is 5.27. The zero-order valence-corrected chi connectivity index (χ0v) is 16.4. The number of carbonyl (C=O) groups is 2. The number of aryl methyl sites for hydroxylation is 1. The minimum Gasteiger partial charge on any atom is -0.461 e. The van der Waals surface area contributed by atoms with Crippen LogP contribution in [-0.2, 0) is 27.4 Å². The molecule has 0 bridgehead atoms. The quantitative estimate of drug-likeness (QED) is 0.475. The van der Waals surface area contributed by atoms with Crippen molar-refractivity contribution in [3.05, 3.63) is 75.9 Å². The van der Waals surface area contributed by atoms with Gasteiger partial charge >= 0.3 is 11.6 Å². The predicted molar refractivity (Wildman–Crippen MR) is 109 cm³/mol. The summed E-state index contributed by atoms with van der Waals surface area (Å²) in [6, 6.07) is 12.8. The molecular formula is C23H20FNO5. The Balaban J connectivity index is 1.48. The van der Waals surface area contributed by atoms with Gasteiger partial charge in [0.25, 0.3) is 0 Å². The van der Waals surface area contributed by atoms with Crippen molar-refractivity contribution < 1.29 is 23.1 Å². The van der Waals surface area contributed by atoms with Crippen LogP contribution in [0.5, 0.6) is 0 Å². The van der Waals surface area contributed by atoms with Crippen molar-refractivity contribution in [2.24, 2.45) is 5.92 Å². The number of rotatable bonds is 5. The molecular weight excluding hydrogens is 389 g/mol. The lowest BCUT2D eigenvalue weighted by molar-refractivity contribution is -0.149. The van der Waals surface area contributed by atoms with Crippen LogP contribution < -0.4 is 10.5 Å². The van der Waals surface area contributed by atoms with Gasteiger partial charge in [0.2, 0.25) is 5.91 Å². The van der Waals surface area contributed by atoms with Gasteiger partial charge in [-0.05, 0) is 30.2 Å². The van der Waals surface area contributed by atoms with Gasteiger partial charge in [0, 0.05) is 30.0 Å². The molecule has 0 radical (unpaired) electrons. The van der Waals surface area contributed by atoms with E-state index in [0.29, 0.717) is 16.5 Å². The standard InChI is InChI=1S/C23H20FNO5/c1-2-14-7-8-17-16(11-22(27)30-20(17)9-14)13-29-23(28)15-10-21(26)25(12-15)19-6-4-3-5-18(19)24/h3-9,11,15H,2,10,12-13H2,1H3/t15-/m1/s1. The molecule has 4 rings (SSSR count). The summed E-state index contributed by atoms with van der Waals surface area (Å²) in [4.78, 5) is 38.0. The number of para-hydroxylation sites is 1. The van der Waals surface area contributed by atoms with Crippen molar-refractivity contribution in [2.75, 3.05) is 11.4 Å². The minimum atomic E-state index is -0.699. The molecule has 0 unspecified atom stereocenters. The Labute approximate surface area is 171 Å². The van der Waals surface area contributed by atoms with Gasteiger partial charge in [-0.25, -0.2) is 9.18 Å². The molecule has 1 fully saturated rings. The van der Waals surface area contributed by atoms with Crippen molar-refractivity contribution >= 4 is 28.5 Å². The number of hydrogen-bond donors (Lipinski definition) is 0. The van der Waals surface area contributed by atoms with Crippen molar-refractivity contribution in [1.82, 2.24) is 0 Å². The van der Waals surface area contributed by atoms with Crippen molar-refractivity contribution in [3.8, 4) is 0 Å². The van der Waals surface area contributed by atoms with E-state index >= 15 is 0 Å².